The van der Waals surface area contributed by atoms with Gasteiger partial charge in [-0.05, 0) is 57.0 Å². The number of nitrogens with one attached hydrogen (secondary N) is 2. The number of amides is 1. The van der Waals surface area contributed by atoms with Gasteiger partial charge in [-0.1, -0.05) is 18.6 Å². The summed E-state index contributed by atoms with van der Waals surface area (Å²) in [7, 11) is -3.73. The summed E-state index contributed by atoms with van der Waals surface area (Å²) < 4.78 is 47.3. The lowest BCUT2D eigenvalue weighted by Gasteiger charge is -2.27. The Morgan fingerprint density at radius 2 is 1.87 bits per heavy atom. The standard InChI is InChI=1S/C22H28FN3O4S/c1-3-30-20-12-11-17(15-21(20)31(28,29)26-13-7-4-8-14-26)24-16(2)22(27)25-19-10-6-5-9-18(19)23/h5-6,9-12,15-16,24H,3-4,7-8,13-14H2,1-2H3,(H,25,27)/t16-/m0/s1. The first-order valence-electron chi connectivity index (χ1n) is 10.4. The predicted molar refractivity (Wildman–Crippen MR) is 118 cm³/mol. The van der Waals surface area contributed by atoms with Crippen molar-refractivity contribution in [3.63, 3.8) is 0 Å². The minimum atomic E-state index is -3.73. The molecule has 7 nitrogen and oxygen atoms in total. The second-order valence-electron chi connectivity index (χ2n) is 7.39. The summed E-state index contributed by atoms with van der Waals surface area (Å²) in [5.41, 5.74) is 0.538. The van der Waals surface area contributed by atoms with Gasteiger partial charge in [0.05, 0.1) is 12.3 Å². The zero-order valence-electron chi connectivity index (χ0n) is 17.7. The quantitative estimate of drug-likeness (QED) is 0.639. The number of carbonyl (C=O) groups excluding carboxylic acids is 1. The Labute approximate surface area is 182 Å². The molecule has 1 aliphatic heterocycles. The number of anilines is 2. The third-order valence-electron chi connectivity index (χ3n) is 5.08. The molecule has 0 aliphatic carbocycles. The van der Waals surface area contributed by atoms with Gasteiger partial charge in [-0.25, -0.2) is 12.8 Å². The Kier molecular flexibility index (Phi) is 7.50. The van der Waals surface area contributed by atoms with Crippen LogP contribution in [0, 0.1) is 5.82 Å². The molecule has 0 radical (unpaired) electrons. The number of ether oxygens (including phenoxy) is 1. The van der Waals surface area contributed by atoms with Crippen molar-refractivity contribution in [2.24, 2.45) is 0 Å². The number of carbonyl (C=O) groups is 1. The zero-order chi connectivity index (χ0) is 22.4. The highest BCUT2D eigenvalue weighted by Gasteiger charge is 2.29. The van der Waals surface area contributed by atoms with Gasteiger partial charge < -0.3 is 15.4 Å². The van der Waals surface area contributed by atoms with Gasteiger partial charge in [0.1, 0.15) is 22.5 Å². The highest BCUT2D eigenvalue weighted by Crippen LogP contribution is 2.31. The largest absolute Gasteiger partial charge is 0.492 e. The molecule has 31 heavy (non-hydrogen) atoms. The molecule has 0 spiro atoms. The van der Waals surface area contributed by atoms with Gasteiger partial charge in [-0.3, -0.25) is 4.79 Å². The van der Waals surface area contributed by atoms with Crippen molar-refractivity contribution in [1.29, 1.82) is 0 Å². The Morgan fingerprint density at radius 3 is 2.55 bits per heavy atom. The van der Waals surface area contributed by atoms with Gasteiger partial charge >= 0.3 is 0 Å². The number of sulfonamides is 1. The molecule has 3 rings (SSSR count). The van der Waals surface area contributed by atoms with E-state index >= 15 is 0 Å². The number of nitrogens with zero attached hydrogens (tertiary/aromatic N) is 1. The van der Waals surface area contributed by atoms with E-state index in [0.29, 0.717) is 25.4 Å². The van der Waals surface area contributed by atoms with Crippen LogP contribution in [0.5, 0.6) is 5.75 Å². The van der Waals surface area contributed by atoms with Crippen LogP contribution in [-0.4, -0.2) is 44.4 Å². The summed E-state index contributed by atoms with van der Waals surface area (Å²) in [5, 5.41) is 5.52. The molecule has 0 bridgehead atoms. The van der Waals surface area contributed by atoms with E-state index < -0.39 is 27.8 Å². The molecular weight excluding hydrogens is 421 g/mol. The SMILES string of the molecule is CCOc1ccc(N[C@@H](C)C(=O)Nc2ccccc2F)cc1S(=O)(=O)N1CCCCC1. The summed E-state index contributed by atoms with van der Waals surface area (Å²) in [5.74, 6) is -0.694. The van der Waals surface area contributed by atoms with Crippen molar-refractivity contribution in [1.82, 2.24) is 4.31 Å². The van der Waals surface area contributed by atoms with Crippen LogP contribution in [0.4, 0.5) is 15.8 Å². The third kappa shape index (κ3) is 5.54. The van der Waals surface area contributed by atoms with Crippen molar-refractivity contribution in [2.45, 2.75) is 44.0 Å². The smallest absolute Gasteiger partial charge is 0.246 e. The van der Waals surface area contributed by atoms with Crippen LogP contribution in [0.2, 0.25) is 0 Å². The average Bonchev–Trinajstić information content (AvgIpc) is 2.77. The van der Waals surface area contributed by atoms with Gasteiger partial charge in [0, 0.05) is 18.8 Å². The summed E-state index contributed by atoms with van der Waals surface area (Å²) in [4.78, 5) is 12.5. The second-order valence-corrected chi connectivity index (χ2v) is 9.30. The number of hydrogen-bond acceptors (Lipinski definition) is 5. The molecule has 1 heterocycles. The van der Waals surface area contributed by atoms with E-state index in [1.165, 1.54) is 28.6 Å². The first-order chi connectivity index (χ1) is 14.8. The number of para-hydroxylation sites is 1. The van der Waals surface area contributed by atoms with E-state index in [2.05, 4.69) is 10.6 Å². The fraction of sp³-hybridized carbons (Fsp3) is 0.409. The van der Waals surface area contributed by atoms with E-state index in [-0.39, 0.29) is 16.3 Å². The molecule has 1 atom stereocenters. The lowest BCUT2D eigenvalue weighted by molar-refractivity contribution is -0.116. The normalized spacial score (nSPS) is 15.8. The van der Waals surface area contributed by atoms with Crippen molar-refractivity contribution in [3.8, 4) is 5.75 Å². The molecule has 2 N–H and O–H groups in total. The molecule has 2 aromatic carbocycles. The highest BCUT2D eigenvalue weighted by atomic mass is 32.2. The van der Waals surface area contributed by atoms with Gasteiger partial charge in [0.25, 0.3) is 0 Å². The highest BCUT2D eigenvalue weighted by molar-refractivity contribution is 7.89. The van der Waals surface area contributed by atoms with Gasteiger partial charge in [0.15, 0.2) is 0 Å². The van der Waals surface area contributed by atoms with Crippen molar-refractivity contribution in [2.75, 3.05) is 30.3 Å². The Balaban J connectivity index is 1.81. The minimum absolute atomic E-state index is 0.0722. The molecule has 1 fully saturated rings. The number of halogens is 1. The lowest BCUT2D eigenvalue weighted by atomic mass is 10.2. The van der Waals surface area contributed by atoms with Crippen LogP contribution in [0.1, 0.15) is 33.1 Å². The predicted octanol–water partition coefficient (Wildman–Crippen LogP) is 3.84. The average molecular weight is 450 g/mol. The van der Waals surface area contributed by atoms with Crippen LogP contribution >= 0.6 is 0 Å². The molecule has 2 aromatic rings. The number of rotatable bonds is 8. The van der Waals surface area contributed by atoms with E-state index in [4.69, 9.17) is 4.74 Å². The summed E-state index contributed by atoms with van der Waals surface area (Å²) in [6, 6.07) is 9.90. The van der Waals surface area contributed by atoms with Crippen molar-refractivity contribution >= 4 is 27.3 Å². The van der Waals surface area contributed by atoms with E-state index in [1.807, 2.05) is 0 Å². The molecular formula is C22H28FN3O4S. The first-order valence-corrected chi connectivity index (χ1v) is 11.9. The van der Waals surface area contributed by atoms with E-state index in [0.717, 1.165) is 19.3 Å². The van der Waals surface area contributed by atoms with Crippen LogP contribution < -0.4 is 15.4 Å². The maximum absolute atomic E-state index is 13.8. The molecule has 0 unspecified atom stereocenters. The summed E-state index contributed by atoms with van der Waals surface area (Å²) in [6.45, 7) is 4.70. The fourth-order valence-corrected chi connectivity index (χ4v) is 5.11. The summed E-state index contributed by atoms with van der Waals surface area (Å²) in [6.07, 6.45) is 2.67. The maximum atomic E-state index is 13.8. The maximum Gasteiger partial charge on any atom is 0.246 e. The summed E-state index contributed by atoms with van der Waals surface area (Å²) >= 11 is 0. The molecule has 1 amide bonds. The van der Waals surface area contributed by atoms with Crippen molar-refractivity contribution in [3.05, 3.63) is 48.3 Å². The van der Waals surface area contributed by atoms with Crippen LogP contribution in [0.15, 0.2) is 47.4 Å². The first kappa shape index (κ1) is 23.0. The Hall–Kier alpha value is -2.65. The molecule has 0 aromatic heterocycles. The van der Waals surface area contributed by atoms with E-state index in [9.17, 15) is 17.6 Å². The van der Waals surface area contributed by atoms with Crippen molar-refractivity contribution < 1.29 is 22.3 Å². The van der Waals surface area contributed by atoms with Crippen LogP contribution in [0.3, 0.4) is 0 Å². The number of piperidine rings is 1. The van der Waals surface area contributed by atoms with E-state index in [1.54, 1.807) is 32.0 Å². The molecule has 0 saturated carbocycles. The second kappa shape index (κ2) is 10.1. The molecule has 168 valence electrons. The number of benzene rings is 2. The molecule has 1 aliphatic rings. The van der Waals surface area contributed by atoms with Crippen LogP contribution in [0.25, 0.3) is 0 Å². The third-order valence-corrected chi connectivity index (χ3v) is 7.00. The topological polar surface area (TPSA) is 87.7 Å². The monoisotopic (exact) mass is 449 g/mol. The number of hydrogen-bond donors (Lipinski definition) is 2. The zero-order valence-corrected chi connectivity index (χ0v) is 18.5. The minimum Gasteiger partial charge on any atom is -0.492 e. The lowest BCUT2D eigenvalue weighted by Crippen LogP contribution is -2.36. The molecule has 1 saturated heterocycles. The van der Waals surface area contributed by atoms with Gasteiger partial charge in [0.2, 0.25) is 15.9 Å². The van der Waals surface area contributed by atoms with Gasteiger partial charge in [-0.2, -0.15) is 4.31 Å². The fourth-order valence-electron chi connectivity index (χ4n) is 3.44. The Morgan fingerprint density at radius 1 is 1.16 bits per heavy atom. The van der Waals surface area contributed by atoms with Gasteiger partial charge in [-0.15, -0.1) is 0 Å². The Bertz CT molecular complexity index is 1020. The van der Waals surface area contributed by atoms with Crippen LogP contribution in [-0.2, 0) is 14.8 Å². The molecule has 9 heteroatoms.